The van der Waals surface area contributed by atoms with Crippen LogP contribution in [-0.4, -0.2) is 30.9 Å². The summed E-state index contributed by atoms with van der Waals surface area (Å²) in [6.45, 7) is 3.13. The predicted octanol–water partition coefficient (Wildman–Crippen LogP) is 1.75. The Morgan fingerprint density at radius 3 is 2.10 bits per heavy atom. The van der Waals surface area contributed by atoms with Gasteiger partial charge in [0.2, 0.25) is 5.92 Å². The van der Waals surface area contributed by atoms with Gasteiger partial charge in [-0.3, -0.25) is 14.4 Å². The van der Waals surface area contributed by atoms with E-state index in [2.05, 4.69) is 0 Å². The lowest BCUT2D eigenvalue weighted by Gasteiger charge is -2.13. The third-order valence-corrected chi connectivity index (χ3v) is 2.42. The summed E-state index contributed by atoms with van der Waals surface area (Å²) >= 11 is 0. The van der Waals surface area contributed by atoms with Crippen molar-refractivity contribution in [2.45, 2.75) is 13.8 Å². The number of hydrogen-bond donors (Lipinski definition) is 0. The molecule has 0 amide bonds. The van der Waals surface area contributed by atoms with Crippen LogP contribution >= 0.6 is 0 Å². The third kappa shape index (κ3) is 3.88. The minimum absolute atomic E-state index is 0.0190. The number of carbonyl (C=O) groups is 3. The van der Waals surface area contributed by atoms with Gasteiger partial charge in [-0.2, -0.15) is 0 Å². The molecule has 0 atom stereocenters. The molecule has 0 fully saturated rings. The molecule has 0 N–H and O–H groups in total. The van der Waals surface area contributed by atoms with Crippen molar-refractivity contribution in [1.29, 1.82) is 0 Å². The summed E-state index contributed by atoms with van der Waals surface area (Å²) in [6.07, 6.45) is 0. The SMILES string of the molecule is CCOC(=O)C(C(=O)OCC)C(=O)c1cccc(F)c1. The summed E-state index contributed by atoms with van der Waals surface area (Å²) in [6, 6.07) is 4.74. The van der Waals surface area contributed by atoms with E-state index in [4.69, 9.17) is 9.47 Å². The van der Waals surface area contributed by atoms with Crippen molar-refractivity contribution in [2.75, 3.05) is 13.2 Å². The van der Waals surface area contributed by atoms with Crippen molar-refractivity contribution >= 4 is 17.7 Å². The normalized spacial score (nSPS) is 10.2. The Morgan fingerprint density at radius 2 is 1.65 bits per heavy atom. The Balaban J connectivity index is 3.06. The maximum atomic E-state index is 13.1. The van der Waals surface area contributed by atoms with Gasteiger partial charge in [0.15, 0.2) is 5.78 Å². The minimum Gasteiger partial charge on any atom is -0.465 e. The fourth-order valence-electron chi connectivity index (χ4n) is 1.57. The summed E-state index contributed by atoms with van der Waals surface area (Å²) in [5, 5.41) is 0. The summed E-state index contributed by atoms with van der Waals surface area (Å²) in [5.74, 6) is -5.21. The van der Waals surface area contributed by atoms with Crippen LogP contribution in [0.5, 0.6) is 0 Å². The van der Waals surface area contributed by atoms with Gasteiger partial charge in [-0.25, -0.2) is 4.39 Å². The molecule has 0 saturated heterocycles. The first-order valence-electron chi connectivity index (χ1n) is 6.14. The molecule has 1 aromatic rings. The van der Waals surface area contributed by atoms with Crippen molar-refractivity contribution in [2.24, 2.45) is 5.92 Å². The lowest BCUT2D eigenvalue weighted by Crippen LogP contribution is -2.35. The molecule has 0 spiro atoms. The summed E-state index contributed by atoms with van der Waals surface area (Å²) < 4.78 is 22.5. The van der Waals surface area contributed by atoms with E-state index in [1.165, 1.54) is 12.1 Å². The number of hydrogen-bond acceptors (Lipinski definition) is 5. The van der Waals surface area contributed by atoms with E-state index < -0.39 is 29.5 Å². The number of rotatable bonds is 6. The molecule has 0 heterocycles. The van der Waals surface area contributed by atoms with E-state index in [9.17, 15) is 18.8 Å². The molecule has 1 rings (SSSR count). The van der Waals surface area contributed by atoms with Gasteiger partial charge in [-0.15, -0.1) is 0 Å². The number of halogens is 1. The molecule has 0 saturated carbocycles. The monoisotopic (exact) mass is 282 g/mol. The van der Waals surface area contributed by atoms with Gasteiger partial charge >= 0.3 is 11.9 Å². The molecule has 20 heavy (non-hydrogen) atoms. The van der Waals surface area contributed by atoms with Crippen LogP contribution in [0.3, 0.4) is 0 Å². The standard InChI is InChI=1S/C14H15FO5/c1-3-19-13(17)11(14(18)20-4-2)12(16)9-6-5-7-10(15)8-9/h5-8,11H,3-4H2,1-2H3. The Bertz CT molecular complexity index is 494. The second kappa shape index (κ2) is 7.37. The Labute approximate surface area is 115 Å². The van der Waals surface area contributed by atoms with E-state index in [0.29, 0.717) is 0 Å². The largest absolute Gasteiger partial charge is 0.465 e. The molecule has 0 radical (unpaired) electrons. The van der Waals surface area contributed by atoms with Crippen LogP contribution < -0.4 is 0 Å². The van der Waals surface area contributed by atoms with E-state index in [1.807, 2.05) is 0 Å². The molecular weight excluding hydrogens is 267 g/mol. The highest BCUT2D eigenvalue weighted by atomic mass is 19.1. The van der Waals surface area contributed by atoms with Crippen LogP contribution in [0.1, 0.15) is 24.2 Å². The highest BCUT2D eigenvalue weighted by molar-refractivity contribution is 6.20. The summed E-state index contributed by atoms with van der Waals surface area (Å²) in [4.78, 5) is 35.6. The summed E-state index contributed by atoms with van der Waals surface area (Å²) in [7, 11) is 0. The molecule has 6 heteroatoms. The van der Waals surface area contributed by atoms with Crippen molar-refractivity contribution < 1.29 is 28.2 Å². The van der Waals surface area contributed by atoms with Gasteiger partial charge in [0.1, 0.15) is 5.82 Å². The topological polar surface area (TPSA) is 69.7 Å². The quantitative estimate of drug-likeness (QED) is 0.451. The third-order valence-electron chi connectivity index (χ3n) is 2.42. The fourth-order valence-corrected chi connectivity index (χ4v) is 1.57. The van der Waals surface area contributed by atoms with E-state index in [0.717, 1.165) is 12.1 Å². The predicted molar refractivity (Wildman–Crippen MR) is 67.5 cm³/mol. The number of ketones is 1. The van der Waals surface area contributed by atoms with Gasteiger partial charge in [0.25, 0.3) is 0 Å². The van der Waals surface area contributed by atoms with Crippen molar-refractivity contribution in [1.82, 2.24) is 0 Å². The van der Waals surface area contributed by atoms with Gasteiger partial charge < -0.3 is 9.47 Å². The summed E-state index contributed by atoms with van der Waals surface area (Å²) in [5.41, 5.74) is -0.0869. The van der Waals surface area contributed by atoms with Crippen LogP contribution in [-0.2, 0) is 19.1 Å². The fraction of sp³-hybridized carbons (Fsp3) is 0.357. The van der Waals surface area contributed by atoms with Gasteiger partial charge in [0, 0.05) is 5.56 Å². The minimum atomic E-state index is -1.73. The average molecular weight is 282 g/mol. The Hall–Kier alpha value is -2.24. The molecule has 1 aromatic carbocycles. The van der Waals surface area contributed by atoms with Gasteiger partial charge in [-0.1, -0.05) is 12.1 Å². The van der Waals surface area contributed by atoms with Crippen LogP contribution in [0.25, 0.3) is 0 Å². The van der Waals surface area contributed by atoms with Crippen molar-refractivity contribution in [3.63, 3.8) is 0 Å². The molecule has 0 aromatic heterocycles. The van der Waals surface area contributed by atoms with Crippen LogP contribution in [0.15, 0.2) is 24.3 Å². The second-order valence-corrected chi connectivity index (χ2v) is 3.81. The smallest absolute Gasteiger partial charge is 0.328 e. The average Bonchev–Trinajstić information content (AvgIpc) is 2.39. The van der Waals surface area contributed by atoms with Crippen molar-refractivity contribution in [3.8, 4) is 0 Å². The van der Waals surface area contributed by atoms with Crippen LogP contribution in [0.4, 0.5) is 4.39 Å². The van der Waals surface area contributed by atoms with E-state index >= 15 is 0 Å². The van der Waals surface area contributed by atoms with Gasteiger partial charge in [0.05, 0.1) is 13.2 Å². The zero-order valence-corrected chi connectivity index (χ0v) is 11.2. The molecule has 0 aliphatic rings. The first-order valence-corrected chi connectivity index (χ1v) is 6.14. The number of ether oxygens (including phenoxy) is 2. The zero-order chi connectivity index (χ0) is 15.1. The van der Waals surface area contributed by atoms with E-state index in [1.54, 1.807) is 13.8 Å². The molecular formula is C14H15FO5. The molecule has 0 aliphatic carbocycles. The van der Waals surface area contributed by atoms with Gasteiger partial charge in [-0.05, 0) is 26.0 Å². The first kappa shape index (κ1) is 15.8. The van der Waals surface area contributed by atoms with Crippen LogP contribution in [0, 0.1) is 11.7 Å². The molecule has 0 aliphatic heterocycles. The lowest BCUT2D eigenvalue weighted by molar-refractivity contribution is -0.158. The number of esters is 2. The number of Topliss-reactive ketones (excluding diaryl/α,β-unsaturated/α-hetero) is 1. The first-order chi connectivity index (χ1) is 9.51. The zero-order valence-electron chi connectivity index (χ0n) is 11.2. The van der Waals surface area contributed by atoms with Crippen LogP contribution in [0.2, 0.25) is 0 Å². The molecule has 0 bridgehead atoms. The second-order valence-electron chi connectivity index (χ2n) is 3.81. The maximum absolute atomic E-state index is 13.1. The molecule has 0 unspecified atom stereocenters. The molecule has 108 valence electrons. The van der Waals surface area contributed by atoms with E-state index in [-0.39, 0.29) is 18.8 Å². The molecule has 5 nitrogen and oxygen atoms in total. The lowest BCUT2D eigenvalue weighted by atomic mass is 9.97. The number of benzene rings is 1. The highest BCUT2D eigenvalue weighted by Crippen LogP contribution is 2.14. The maximum Gasteiger partial charge on any atom is 0.328 e. The highest BCUT2D eigenvalue weighted by Gasteiger charge is 2.37. The number of carbonyl (C=O) groups excluding carboxylic acids is 3. The van der Waals surface area contributed by atoms with Crippen molar-refractivity contribution in [3.05, 3.63) is 35.6 Å². The Kier molecular flexibility index (Phi) is 5.83. The Morgan fingerprint density at radius 1 is 1.10 bits per heavy atom.